The Kier molecular flexibility index (Phi) is 7.66. The van der Waals surface area contributed by atoms with Crippen LogP contribution < -0.4 is 24.4 Å². The normalized spacial score (nSPS) is 13.1. The van der Waals surface area contributed by atoms with Crippen LogP contribution in [0.15, 0.2) is 54.9 Å². The highest BCUT2D eigenvalue weighted by Crippen LogP contribution is 2.34. The van der Waals surface area contributed by atoms with Crippen LogP contribution in [-0.4, -0.2) is 55.0 Å². The van der Waals surface area contributed by atoms with Gasteiger partial charge in [-0.3, -0.25) is 4.98 Å². The highest BCUT2D eigenvalue weighted by molar-refractivity contribution is 5.89. The molecule has 2 aromatic carbocycles. The van der Waals surface area contributed by atoms with Crippen molar-refractivity contribution in [1.29, 1.82) is 5.26 Å². The van der Waals surface area contributed by atoms with Crippen molar-refractivity contribution in [3.8, 4) is 23.4 Å². The Morgan fingerprint density at radius 2 is 1.89 bits per heavy atom. The molecule has 0 amide bonds. The third-order valence-electron chi connectivity index (χ3n) is 6.08. The molecule has 0 bridgehead atoms. The molecular formula is C28H28N6O4. The van der Waals surface area contributed by atoms with Crippen LogP contribution in [0.2, 0.25) is 0 Å². The molecular weight excluding hydrogens is 484 g/mol. The van der Waals surface area contributed by atoms with Crippen molar-refractivity contribution >= 4 is 28.2 Å². The van der Waals surface area contributed by atoms with Gasteiger partial charge in [0.25, 0.3) is 0 Å². The second-order valence-corrected chi connectivity index (χ2v) is 8.51. The molecule has 0 atom stereocenters. The van der Waals surface area contributed by atoms with Crippen LogP contribution in [0, 0.1) is 11.3 Å². The number of hydrogen-bond donors (Lipinski definition) is 1. The fourth-order valence-electron chi connectivity index (χ4n) is 4.14. The summed E-state index contributed by atoms with van der Waals surface area (Å²) in [5, 5.41) is 13.3. The fourth-order valence-corrected chi connectivity index (χ4v) is 4.14. The number of ether oxygens (including phenoxy) is 4. The molecule has 3 heterocycles. The van der Waals surface area contributed by atoms with Gasteiger partial charge < -0.3 is 29.2 Å². The Labute approximate surface area is 220 Å². The molecule has 5 rings (SSSR count). The van der Waals surface area contributed by atoms with E-state index in [0.717, 1.165) is 30.2 Å². The van der Waals surface area contributed by atoms with Gasteiger partial charge in [-0.05, 0) is 37.3 Å². The maximum absolute atomic E-state index is 10.0. The lowest BCUT2D eigenvalue weighted by molar-refractivity contribution is 0.122. The lowest BCUT2D eigenvalue weighted by Crippen LogP contribution is -2.36. The van der Waals surface area contributed by atoms with Gasteiger partial charge in [-0.2, -0.15) is 5.26 Å². The molecule has 10 nitrogen and oxygen atoms in total. The van der Waals surface area contributed by atoms with Crippen LogP contribution >= 0.6 is 0 Å². The highest BCUT2D eigenvalue weighted by atomic mass is 16.5. The van der Waals surface area contributed by atoms with Gasteiger partial charge in [0.2, 0.25) is 5.88 Å². The van der Waals surface area contributed by atoms with E-state index in [1.165, 1.54) is 0 Å². The first-order valence-electron chi connectivity index (χ1n) is 12.4. The zero-order valence-electron chi connectivity index (χ0n) is 21.3. The van der Waals surface area contributed by atoms with Gasteiger partial charge in [0.05, 0.1) is 44.3 Å². The molecule has 0 radical (unpaired) electrons. The van der Waals surface area contributed by atoms with E-state index >= 15 is 0 Å². The number of nitrogens with zero attached hydrogens (tertiary/aromatic N) is 5. The zero-order chi connectivity index (χ0) is 26.3. The van der Waals surface area contributed by atoms with Crippen LogP contribution in [0.1, 0.15) is 18.1 Å². The predicted octanol–water partition coefficient (Wildman–Crippen LogP) is 4.46. The van der Waals surface area contributed by atoms with E-state index in [-0.39, 0.29) is 0 Å². The molecule has 1 fully saturated rings. The number of rotatable bonds is 9. The van der Waals surface area contributed by atoms with Crippen molar-refractivity contribution in [3.05, 3.63) is 66.0 Å². The lowest BCUT2D eigenvalue weighted by Gasteiger charge is -2.27. The molecule has 1 N–H and O–H groups in total. The lowest BCUT2D eigenvalue weighted by atomic mass is 10.1. The van der Waals surface area contributed by atoms with Gasteiger partial charge >= 0.3 is 0 Å². The van der Waals surface area contributed by atoms with Crippen molar-refractivity contribution in [2.45, 2.75) is 13.5 Å². The standard InChI is InChI=1S/C28H28N6O4/c1-3-37-27-9-4-19(16-31-27)18-38-24-8-5-20(14-25(24)35-2)32-22-6-7-23-28(21(22)15-29)33-26(17-30-23)34-10-12-36-13-11-34/h4-9,14,16-17,32H,3,10-13,18H2,1-2H3. The SMILES string of the molecule is CCOc1ccc(COc2ccc(Nc3ccc4ncc(N5CCOCC5)nc4c3C#N)cc2OC)cn1. The first-order chi connectivity index (χ1) is 18.7. The van der Waals surface area contributed by atoms with E-state index < -0.39 is 0 Å². The van der Waals surface area contributed by atoms with E-state index in [4.69, 9.17) is 23.9 Å². The molecule has 4 aromatic rings. The minimum Gasteiger partial charge on any atom is -0.493 e. The van der Waals surface area contributed by atoms with Crippen molar-refractivity contribution in [2.75, 3.05) is 50.2 Å². The Balaban J connectivity index is 1.35. The average molecular weight is 513 g/mol. The Bertz CT molecular complexity index is 1450. The summed E-state index contributed by atoms with van der Waals surface area (Å²) in [5.74, 6) is 2.47. The summed E-state index contributed by atoms with van der Waals surface area (Å²) in [7, 11) is 1.59. The second kappa shape index (κ2) is 11.6. The number of pyridine rings is 1. The van der Waals surface area contributed by atoms with E-state index in [1.54, 1.807) is 19.5 Å². The molecule has 194 valence electrons. The Hall–Kier alpha value is -4.62. The maximum Gasteiger partial charge on any atom is 0.213 e. The fraction of sp³-hybridized carbons (Fsp3) is 0.286. The maximum atomic E-state index is 10.0. The molecule has 0 aliphatic carbocycles. The smallest absolute Gasteiger partial charge is 0.213 e. The largest absolute Gasteiger partial charge is 0.493 e. The van der Waals surface area contributed by atoms with Gasteiger partial charge in [-0.15, -0.1) is 0 Å². The second-order valence-electron chi connectivity index (χ2n) is 8.51. The van der Waals surface area contributed by atoms with E-state index in [9.17, 15) is 5.26 Å². The molecule has 38 heavy (non-hydrogen) atoms. The van der Waals surface area contributed by atoms with Crippen molar-refractivity contribution in [2.24, 2.45) is 0 Å². The van der Waals surface area contributed by atoms with Crippen LogP contribution in [-0.2, 0) is 11.3 Å². The average Bonchev–Trinajstić information content (AvgIpc) is 2.97. The molecule has 1 aliphatic rings. The van der Waals surface area contributed by atoms with Gasteiger partial charge in [0.15, 0.2) is 11.5 Å². The van der Waals surface area contributed by atoms with Gasteiger partial charge in [-0.25, -0.2) is 9.97 Å². The summed E-state index contributed by atoms with van der Waals surface area (Å²) in [4.78, 5) is 15.7. The van der Waals surface area contributed by atoms with Crippen molar-refractivity contribution in [1.82, 2.24) is 15.0 Å². The number of nitrogens with one attached hydrogen (secondary N) is 1. The summed E-state index contributed by atoms with van der Waals surface area (Å²) in [6.45, 7) is 5.58. The summed E-state index contributed by atoms with van der Waals surface area (Å²) < 4.78 is 22.4. The molecule has 0 unspecified atom stereocenters. The minimum absolute atomic E-state index is 0.329. The van der Waals surface area contributed by atoms with E-state index in [0.29, 0.717) is 66.1 Å². The van der Waals surface area contributed by atoms with Gasteiger partial charge in [0, 0.05) is 42.7 Å². The third-order valence-corrected chi connectivity index (χ3v) is 6.08. The van der Waals surface area contributed by atoms with Crippen molar-refractivity contribution in [3.63, 3.8) is 0 Å². The first-order valence-corrected chi connectivity index (χ1v) is 12.4. The number of methoxy groups -OCH3 is 1. The summed E-state index contributed by atoms with van der Waals surface area (Å²) in [6, 6.07) is 15.2. The number of aromatic nitrogens is 3. The zero-order valence-corrected chi connectivity index (χ0v) is 21.3. The Morgan fingerprint density at radius 1 is 1.03 bits per heavy atom. The number of hydrogen-bond acceptors (Lipinski definition) is 10. The number of benzene rings is 2. The number of morpholine rings is 1. The van der Waals surface area contributed by atoms with Crippen molar-refractivity contribution < 1.29 is 18.9 Å². The quantitative estimate of drug-likeness (QED) is 0.345. The highest BCUT2D eigenvalue weighted by Gasteiger charge is 2.17. The predicted molar refractivity (Wildman–Crippen MR) is 143 cm³/mol. The minimum atomic E-state index is 0.329. The first kappa shape index (κ1) is 25.0. The molecule has 2 aromatic heterocycles. The number of fused-ring (bicyclic) bond motifs is 1. The number of nitriles is 1. The molecule has 1 saturated heterocycles. The summed E-state index contributed by atoms with van der Waals surface area (Å²) in [5.41, 5.74) is 3.92. The monoisotopic (exact) mass is 512 g/mol. The van der Waals surface area contributed by atoms with Gasteiger partial charge in [0.1, 0.15) is 29.6 Å². The Morgan fingerprint density at radius 3 is 2.63 bits per heavy atom. The summed E-state index contributed by atoms with van der Waals surface area (Å²) >= 11 is 0. The van der Waals surface area contributed by atoms with E-state index in [1.807, 2.05) is 49.4 Å². The third kappa shape index (κ3) is 5.53. The molecule has 1 aliphatic heterocycles. The van der Waals surface area contributed by atoms with Crippen LogP contribution in [0.3, 0.4) is 0 Å². The topological polar surface area (TPSA) is 115 Å². The van der Waals surface area contributed by atoms with Crippen LogP contribution in [0.4, 0.5) is 17.2 Å². The van der Waals surface area contributed by atoms with Gasteiger partial charge in [-0.1, -0.05) is 0 Å². The molecule has 0 saturated carbocycles. The molecule has 0 spiro atoms. The van der Waals surface area contributed by atoms with Crippen LogP contribution in [0.25, 0.3) is 11.0 Å². The van der Waals surface area contributed by atoms with Crippen LogP contribution in [0.5, 0.6) is 17.4 Å². The van der Waals surface area contributed by atoms with E-state index in [2.05, 4.69) is 26.3 Å². The molecule has 10 heteroatoms. The number of anilines is 3. The summed E-state index contributed by atoms with van der Waals surface area (Å²) in [6.07, 6.45) is 3.47.